The maximum absolute atomic E-state index is 12.6. The molecule has 0 saturated carbocycles. The molecule has 0 unspecified atom stereocenters. The van der Waals surface area contributed by atoms with Crippen molar-refractivity contribution in [2.24, 2.45) is 0 Å². The molecule has 0 N–H and O–H groups in total. The summed E-state index contributed by atoms with van der Waals surface area (Å²) in [6.07, 6.45) is 0. The number of hydrogen-bond donors (Lipinski definition) is 0. The molecule has 2 aromatic carbocycles. The van der Waals surface area contributed by atoms with Crippen LogP contribution in [-0.4, -0.2) is 4.92 Å². The zero-order chi connectivity index (χ0) is 15.0. The third-order valence-corrected chi connectivity index (χ3v) is 4.43. The highest BCUT2D eigenvalue weighted by atomic mass is 32.1. The van der Waals surface area contributed by atoms with Crippen LogP contribution < -0.4 is 5.43 Å². The van der Waals surface area contributed by atoms with Gasteiger partial charge in [-0.05, 0) is 36.8 Å². The first-order valence-electron chi connectivity index (χ1n) is 6.35. The molecular weight excluding hydrogens is 286 g/mol. The Morgan fingerprint density at radius 1 is 1.05 bits per heavy atom. The lowest BCUT2D eigenvalue weighted by molar-refractivity contribution is -0.384. The van der Waals surface area contributed by atoms with Crippen molar-refractivity contribution in [2.75, 3.05) is 0 Å². The maximum Gasteiger partial charge on any atom is 0.269 e. The van der Waals surface area contributed by atoms with E-state index in [1.54, 1.807) is 23.5 Å². The van der Waals surface area contributed by atoms with Crippen LogP contribution in [0.1, 0.15) is 4.88 Å². The monoisotopic (exact) mass is 297 g/mol. The minimum absolute atomic E-state index is 0.0216. The van der Waals surface area contributed by atoms with Gasteiger partial charge in [0.25, 0.3) is 5.69 Å². The number of rotatable bonds is 2. The van der Waals surface area contributed by atoms with Crippen molar-refractivity contribution < 1.29 is 4.92 Å². The average Bonchev–Trinajstić information content (AvgIpc) is 2.48. The molecule has 0 radical (unpaired) electrons. The fourth-order valence-electron chi connectivity index (χ4n) is 2.34. The summed E-state index contributed by atoms with van der Waals surface area (Å²) in [6.45, 7) is 1.90. The van der Waals surface area contributed by atoms with Crippen molar-refractivity contribution in [3.8, 4) is 11.1 Å². The third-order valence-electron chi connectivity index (χ3n) is 3.34. The van der Waals surface area contributed by atoms with Gasteiger partial charge in [-0.2, -0.15) is 0 Å². The summed E-state index contributed by atoms with van der Waals surface area (Å²) >= 11 is 1.55. The van der Waals surface area contributed by atoms with Gasteiger partial charge in [-0.3, -0.25) is 14.9 Å². The number of benzene rings is 2. The number of aryl methyl sites for hydroxylation is 1. The van der Waals surface area contributed by atoms with Crippen LogP contribution in [0.15, 0.2) is 53.3 Å². The zero-order valence-electron chi connectivity index (χ0n) is 11.2. The molecule has 3 rings (SSSR count). The van der Waals surface area contributed by atoms with Gasteiger partial charge >= 0.3 is 0 Å². The average molecular weight is 297 g/mol. The third kappa shape index (κ3) is 2.32. The summed E-state index contributed by atoms with van der Waals surface area (Å²) in [6, 6.07) is 13.6. The van der Waals surface area contributed by atoms with E-state index in [-0.39, 0.29) is 11.1 Å². The highest BCUT2D eigenvalue weighted by Crippen LogP contribution is 2.29. The maximum atomic E-state index is 12.6. The Hall–Kier alpha value is -2.53. The Kier molecular flexibility index (Phi) is 3.27. The number of nitro groups is 1. The van der Waals surface area contributed by atoms with Gasteiger partial charge in [0.2, 0.25) is 0 Å². The van der Waals surface area contributed by atoms with Crippen LogP contribution >= 0.6 is 11.3 Å². The van der Waals surface area contributed by atoms with Crippen LogP contribution in [0.5, 0.6) is 0 Å². The van der Waals surface area contributed by atoms with E-state index in [2.05, 4.69) is 0 Å². The Bertz CT molecular complexity index is 898. The molecule has 104 valence electrons. The molecule has 3 aromatic rings. The fraction of sp³-hybridized carbons (Fsp3) is 0.0625. The largest absolute Gasteiger partial charge is 0.288 e. The van der Waals surface area contributed by atoms with Gasteiger partial charge in [0.1, 0.15) is 0 Å². The van der Waals surface area contributed by atoms with Crippen LogP contribution in [0.25, 0.3) is 21.2 Å². The molecule has 0 saturated heterocycles. The second kappa shape index (κ2) is 5.10. The van der Waals surface area contributed by atoms with Crippen LogP contribution in [0.4, 0.5) is 5.69 Å². The van der Waals surface area contributed by atoms with Crippen LogP contribution in [0.3, 0.4) is 0 Å². The summed E-state index contributed by atoms with van der Waals surface area (Å²) in [7, 11) is 0. The van der Waals surface area contributed by atoms with E-state index in [9.17, 15) is 14.9 Å². The molecule has 0 aliphatic carbocycles. The Morgan fingerprint density at radius 2 is 1.71 bits per heavy atom. The van der Waals surface area contributed by atoms with E-state index >= 15 is 0 Å². The predicted molar refractivity (Wildman–Crippen MR) is 84.9 cm³/mol. The number of fused-ring (bicyclic) bond motifs is 1. The molecule has 5 heteroatoms. The van der Waals surface area contributed by atoms with Gasteiger partial charge in [0.05, 0.1) is 4.92 Å². The van der Waals surface area contributed by atoms with Crippen molar-refractivity contribution in [3.63, 3.8) is 0 Å². The normalized spacial score (nSPS) is 10.7. The highest BCUT2D eigenvalue weighted by Gasteiger charge is 2.13. The summed E-state index contributed by atoms with van der Waals surface area (Å²) in [5.74, 6) is 0. The van der Waals surface area contributed by atoms with Crippen molar-refractivity contribution in [1.82, 2.24) is 0 Å². The van der Waals surface area contributed by atoms with E-state index in [1.807, 2.05) is 31.2 Å². The molecule has 0 bridgehead atoms. The van der Waals surface area contributed by atoms with Gasteiger partial charge in [0, 0.05) is 32.7 Å². The fourth-order valence-corrected chi connectivity index (χ4v) is 3.40. The van der Waals surface area contributed by atoms with Gasteiger partial charge in [-0.1, -0.05) is 12.1 Å². The smallest absolute Gasteiger partial charge is 0.269 e. The standard InChI is InChI=1S/C16H11NO3S/c1-10-15(11-6-8-12(9-7-11)17(19)20)16(18)13-4-2-3-5-14(13)21-10/h2-9H,1H3. The minimum atomic E-state index is -0.447. The number of nitro benzene ring substituents is 1. The molecular formula is C16H11NO3S. The van der Waals surface area contributed by atoms with Crippen LogP contribution in [-0.2, 0) is 0 Å². The first-order chi connectivity index (χ1) is 10.1. The molecule has 0 spiro atoms. The summed E-state index contributed by atoms with van der Waals surface area (Å²) < 4.78 is 0.950. The lowest BCUT2D eigenvalue weighted by atomic mass is 10.0. The molecule has 1 heterocycles. The molecule has 0 aliphatic rings. The number of nitrogens with zero attached hydrogens (tertiary/aromatic N) is 1. The van der Waals surface area contributed by atoms with Gasteiger partial charge < -0.3 is 0 Å². The molecule has 0 atom stereocenters. The lowest BCUT2D eigenvalue weighted by Crippen LogP contribution is -2.06. The molecule has 0 fully saturated rings. The first-order valence-corrected chi connectivity index (χ1v) is 7.17. The quantitative estimate of drug-likeness (QED) is 0.527. The van der Waals surface area contributed by atoms with Crippen LogP contribution in [0, 0.1) is 17.0 Å². The summed E-state index contributed by atoms with van der Waals surface area (Å²) in [4.78, 5) is 23.8. The summed E-state index contributed by atoms with van der Waals surface area (Å²) in [5, 5.41) is 11.4. The topological polar surface area (TPSA) is 60.2 Å². The van der Waals surface area contributed by atoms with E-state index in [0.717, 1.165) is 9.58 Å². The van der Waals surface area contributed by atoms with E-state index < -0.39 is 4.92 Å². The highest BCUT2D eigenvalue weighted by molar-refractivity contribution is 7.18. The lowest BCUT2D eigenvalue weighted by Gasteiger charge is -2.06. The Balaban J connectivity index is 2.25. The molecule has 4 nitrogen and oxygen atoms in total. The van der Waals surface area contributed by atoms with E-state index in [1.165, 1.54) is 12.1 Å². The minimum Gasteiger partial charge on any atom is -0.288 e. The molecule has 0 amide bonds. The second-order valence-corrected chi connectivity index (χ2v) is 5.92. The van der Waals surface area contributed by atoms with Crippen LogP contribution in [0.2, 0.25) is 0 Å². The van der Waals surface area contributed by atoms with Crippen molar-refractivity contribution in [1.29, 1.82) is 0 Å². The van der Waals surface area contributed by atoms with E-state index in [4.69, 9.17) is 0 Å². The second-order valence-electron chi connectivity index (χ2n) is 4.66. The molecule has 1 aromatic heterocycles. The van der Waals surface area contributed by atoms with Gasteiger partial charge in [0.15, 0.2) is 5.43 Å². The van der Waals surface area contributed by atoms with Gasteiger partial charge in [-0.25, -0.2) is 0 Å². The number of hydrogen-bond acceptors (Lipinski definition) is 4. The van der Waals surface area contributed by atoms with Crippen molar-refractivity contribution in [3.05, 3.63) is 73.7 Å². The number of non-ortho nitro benzene ring substituents is 1. The zero-order valence-corrected chi connectivity index (χ0v) is 12.0. The van der Waals surface area contributed by atoms with Crippen molar-refractivity contribution in [2.45, 2.75) is 6.92 Å². The van der Waals surface area contributed by atoms with E-state index in [0.29, 0.717) is 16.5 Å². The summed E-state index contributed by atoms with van der Waals surface area (Å²) in [5.41, 5.74) is 1.32. The predicted octanol–water partition coefficient (Wildman–Crippen LogP) is 4.15. The first kappa shape index (κ1) is 13.5. The Morgan fingerprint density at radius 3 is 2.38 bits per heavy atom. The Labute approximate surface area is 124 Å². The van der Waals surface area contributed by atoms with Gasteiger partial charge in [-0.15, -0.1) is 11.3 Å². The molecule has 21 heavy (non-hydrogen) atoms. The SMILES string of the molecule is Cc1sc2ccccc2c(=O)c1-c1ccc([N+](=O)[O-])cc1. The van der Waals surface area contributed by atoms with Crippen molar-refractivity contribution >= 4 is 27.1 Å². The molecule has 0 aliphatic heterocycles.